The molecule has 1 heterocycles. The number of para-hydroxylation sites is 2. The van der Waals surface area contributed by atoms with Crippen LogP contribution < -0.4 is 15.4 Å². The SMILES string of the molecule is CC[C@@H](Oc1ccccc1Cl)C(=O)Nc1ccccc1C(=O)NCc1cccnc1. The number of aromatic nitrogens is 1. The number of ether oxygens (including phenoxy) is 1. The molecule has 2 aromatic carbocycles. The molecule has 7 heteroatoms. The van der Waals surface area contributed by atoms with Gasteiger partial charge in [-0.25, -0.2) is 0 Å². The lowest BCUT2D eigenvalue weighted by molar-refractivity contribution is -0.122. The molecule has 0 saturated carbocycles. The van der Waals surface area contributed by atoms with Gasteiger partial charge in [-0.05, 0) is 42.3 Å². The minimum atomic E-state index is -0.753. The Hall–Kier alpha value is -3.38. The van der Waals surface area contributed by atoms with Crippen LogP contribution in [0.2, 0.25) is 5.02 Å². The Morgan fingerprint density at radius 3 is 2.57 bits per heavy atom. The summed E-state index contributed by atoms with van der Waals surface area (Å²) in [4.78, 5) is 29.5. The average Bonchev–Trinajstić information content (AvgIpc) is 2.78. The minimum Gasteiger partial charge on any atom is -0.479 e. The third-order valence-electron chi connectivity index (χ3n) is 4.37. The lowest BCUT2D eigenvalue weighted by atomic mass is 10.1. The zero-order valence-corrected chi connectivity index (χ0v) is 17.2. The number of benzene rings is 2. The van der Waals surface area contributed by atoms with Crippen LogP contribution in [0.25, 0.3) is 0 Å². The maximum absolute atomic E-state index is 12.8. The van der Waals surface area contributed by atoms with Crippen LogP contribution >= 0.6 is 11.6 Å². The molecule has 3 aromatic rings. The first-order valence-corrected chi connectivity index (χ1v) is 9.94. The van der Waals surface area contributed by atoms with E-state index in [0.717, 1.165) is 5.56 Å². The van der Waals surface area contributed by atoms with Gasteiger partial charge in [-0.2, -0.15) is 0 Å². The minimum absolute atomic E-state index is 0.296. The average molecular weight is 424 g/mol. The zero-order valence-electron chi connectivity index (χ0n) is 16.5. The molecule has 0 radical (unpaired) electrons. The van der Waals surface area contributed by atoms with Gasteiger partial charge in [0, 0.05) is 18.9 Å². The number of nitrogens with one attached hydrogen (secondary N) is 2. The number of rotatable bonds is 8. The summed E-state index contributed by atoms with van der Waals surface area (Å²) < 4.78 is 5.78. The topological polar surface area (TPSA) is 80.3 Å². The molecule has 0 saturated heterocycles. The van der Waals surface area contributed by atoms with Crippen LogP contribution in [-0.2, 0) is 11.3 Å². The van der Waals surface area contributed by atoms with Crippen LogP contribution in [-0.4, -0.2) is 22.9 Å². The predicted octanol–water partition coefficient (Wildman–Crippen LogP) is 4.46. The van der Waals surface area contributed by atoms with Crippen LogP contribution in [0.4, 0.5) is 5.69 Å². The van der Waals surface area contributed by atoms with Crippen molar-refractivity contribution in [1.82, 2.24) is 10.3 Å². The highest BCUT2D eigenvalue weighted by Crippen LogP contribution is 2.25. The van der Waals surface area contributed by atoms with Gasteiger partial charge in [0.1, 0.15) is 5.75 Å². The number of hydrogen-bond acceptors (Lipinski definition) is 4. The van der Waals surface area contributed by atoms with Gasteiger partial charge in [-0.1, -0.05) is 48.9 Å². The van der Waals surface area contributed by atoms with Crippen LogP contribution in [0.1, 0.15) is 29.3 Å². The lowest BCUT2D eigenvalue weighted by Gasteiger charge is -2.19. The molecule has 1 aromatic heterocycles. The molecule has 2 amide bonds. The number of anilines is 1. The van der Waals surface area contributed by atoms with Gasteiger partial charge < -0.3 is 15.4 Å². The summed E-state index contributed by atoms with van der Waals surface area (Å²) in [7, 11) is 0. The van der Waals surface area contributed by atoms with E-state index in [1.165, 1.54) is 0 Å². The monoisotopic (exact) mass is 423 g/mol. The number of carbonyl (C=O) groups excluding carboxylic acids is 2. The second-order valence-electron chi connectivity index (χ2n) is 6.52. The quantitative estimate of drug-likeness (QED) is 0.560. The fraction of sp³-hybridized carbons (Fsp3) is 0.174. The summed E-state index contributed by atoms with van der Waals surface area (Å²) in [5.74, 6) is -0.219. The Bertz CT molecular complexity index is 1010. The summed E-state index contributed by atoms with van der Waals surface area (Å²) in [6.07, 6.45) is 3.04. The van der Waals surface area contributed by atoms with Crippen LogP contribution in [0.3, 0.4) is 0 Å². The highest BCUT2D eigenvalue weighted by atomic mass is 35.5. The van der Waals surface area contributed by atoms with Gasteiger partial charge in [0.15, 0.2) is 6.10 Å². The van der Waals surface area contributed by atoms with Crippen LogP contribution in [0.5, 0.6) is 5.75 Å². The number of carbonyl (C=O) groups is 2. The maximum Gasteiger partial charge on any atom is 0.265 e. The van der Waals surface area contributed by atoms with Crippen molar-refractivity contribution in [3.05, 3.63) is 89.2 Å². The summed E-state index contributed by atoms with van der Waals surface area (Å²) in [5.41, 5.74) is 1.65. The second-order valence-corrected chi connectivity index (χ2v) is 6.93. The van der Waals surface area contributed by atoms with Gasteiger partial charge >= 0.3 is 0 Å². The highest BCUT2D eigenvalue weighted by Gasteiger charge is 2.21. The Morgan fingerprint density at radius 1 is 1.07 bits per heavy atom. The number of hydrogen-bond donors (Lipinski definition) is 2. The predicted molar refractivity (Wildman–Crippen MR) is 117 cm³/mol. The second kappa shape index (κ2) is 10.4. The first-order chi connectivity index (χ1) is 14.6. The molecule has 2 N–H and O–H groups in total. The first-order valence-electron chi connectivity index (χ1n) is 9.56. The summed E-state index contributed by atoms with van der Waals surface area (Å²) in [6, 6.07) is 17.5. The molecule has 3 rings (SSSR count). The normalized spacial score (nSPS) is 11.4. The Balaban J connectivity index is 1.69. The van der Waals surface area contributed by atoms with Crippen molar-refractivity contribution in [1.29, 1.82) is 0 Å². The van der Waals surface area contributed by atoms with Gasteiger partial charge in [-0.3, -0.25) is 14.6 Å². The molecule has 1 atom stereocenters. The van der Waals surface area contributed by atoms with E-state index in [9.17, 15) is 9.59 Å². The largest absolute Gasteiger partial charge is 0.479 e. The molecule has 0 spiro atoms. The Morgan fingerprint density at radius 2 is 1.83 bits per heavy atom. The number of nitrogens with zero attached hydrogens (tertiary/aromatic N) is 1. The molecule has 154 valence electrons. The number of amides is 2. The van der Waals surface area contributed by atoms with E-state index in [4.69, 9.17) is 16.3 Å². The smallest absolute Gasteiger partial charge is 0.265 e. The van der Waals surface area contributed by atoms with Crippen molar-refractivity contribution in [3.63, 3.8) is 0 Å². The van der Waals surface area contributed by atoms with E-state index in [1.54, 1.807) is 67.0 Å². The molecule has 0 fully saturated rings. The standard InChI is InChI=1S/C23H22ClN3O3/c1-2-20(30-21-12-6-4-10-18(21)24)23(29)27-19-11-5-3-9-17(19)22(28)26-15-16-8-7-13-25-14-16/h3-14,20H,2,15H2,1H3,(H,26,28)(H,27,29)/t20-/m1/s1. The molecular weight excluding hydrogens is 402 g/mol. The van der Waals surface area contributed by atoms with Crippen molar-refractivity contribution in [2.75, 3.05) is 5.32 Å². The molecule has 0 bridgehead atoms. The van der Waals surface area contributed by atoms with E-state index in [1.807, 2.05) is 13.0 Å². The fourth-order valence-corrected chi connectivity index (χ4v) is 2.98. The van der Waals surface area contributed by atoms with Crippen LogP contribution in [0, 0.1) is 0 Å². The molecular formula is C23H22ClN3O3. The van der Waals surface area contributed by atoms with Crippen LogP contribution in [0.15, 0.2) is 73.1 Å². The van der Waals surface area contributed by atoms with Gasteiger partial charge in [-0.15, -0.1) is 0 Å². The first kappa shape index (κ1) is 21.3. The molecule has 0 unspecified atom stereocenters. The van der Waals surface area contributed by atoms with E-state index in [-0.39, 0.29) is 11.8 Å². The number of halogens is 1. The summed E-state index contributed by atoms with van der Waals surface area (Å²) >= 11 is 6.13. The van der Waals surface area contributed by atoms with Crippen molar-refractivity contribution in [2.24, 2.45) is 0 Å². The van der Waals surface area contributed by atoms with Gasteiger partial charge in [0.25, 0.3) is 11.8 Å². The van der Waals surface area contributed by atoms with Crippen molar-refractivity contribution < 1.29 is 14.3 Å². The molecule has 0 aliphatic carbocycles. The van der Waals surface area contributed by atoms with Gasteiger partial charge in [0.05, 0.1) is 16.3 Å². The maximum atomic E-state index is 12.8. The third-order valence-corrected chi connectivity index (χ3v) is 4.69. The van der Waals surface area contributed by atoms with E-state index < -0.39 is 6.10 Å². The summed E-state index contributed by atoms with van der Waals surface area (Å²) in [5, 5.41) is 6.07. The van der Waals surface area contributed by atoms with Crippen molar-refractivity contribution in [2.45, 2.75) is 26.0 Å². The molecule has 6 nitrogen and oxygen atoms in total. The lowest BCUT2D eigenvalue weighted by Crippen LogP contribution is -2.33. The van der Waals surface area contributed by atoms with E-state index >= 15 is 0 Å². The highest BCUT2D eigenvalue weighted by molar-refractivity contribution is 6.32. The Labute approximate surface area is 180 Å². The third kappa shape index (κ3) is 5.58. The van der Waals surface area contributed by atoms with Crippen molar-refractivity contribution >= 4 is 29.1 Å². The fourth-order valence-electron chi connectivity index (χ4n) is 2.80. The van der Waals surface area contributed by atoms with Crippen molar-refractivity contribution in [3.8, 4) is 5.75 Å². The molecule has 30 heavy (non-hydrogen) atoms. The molecule has 0 aliphatic heterocycles. The summed E-state index contributed by atoms with van der Waals surface area (Å²) in [6.45, 7) is 2.18. The van der Waals surface area contributed by atoms with E-state index in [2.05, 4.69) is 15.6 Å². The number of pyridine rings is 1. The van der Waals surface area contributed by atoms with Gasteiger partial charge in [0.2, 0.25) is 0 Å². The molecule has 0 aliphatic rings. The zero-order chi connectivity index (χ0) is 21.3. The Kier molecular flexibility index (Phi) is 7.40. The van der Waals surface area contributed by atoms with E-state index in [0.29, 0.717) is 35.0 Å².